The number of thiazole rings is 1. The van der Waals surface area contributed by atoms with Crippen molar-refractivity contribution in [2.24, 2.45) is 0 Å². The molecule has 0 unspecified atom stereocenters. The van der Waals surface area contributed by atoms with Crippen molar-refractivity contribution in [3.63, 3.8) is 0 Å². The largest absolute Gasteiger partial charge is 0.490 e. The molecule has 164 valence electrons. The van der Waals surface area contributed by atoms with Crippen LogP contribution in [0.1, 0.15) is 37.2 Å². The van der Waals surface area contributed by atoms with Gasteiger partial charge in [0.25, 0.3) is 5.56 Å². The van der Waals surface area contributed by atoms with E-state index in [2.05, 4.69) is 10.1 Å². The van der Waals surface area contributed by atoms with Crippen LogP contribution < -0.4 is 19.6 Å². The number of fused-ring (bicyclic) bond motifs is 1. The first-order valence-corrected chi connectivity index (χ1v) is 11.1. The lowest BCUT2D eigenvalue weighted by molar-refractivity contribution is 0.277. The zero-order valence-corrected chi connectivity index (χ0v) is 18.6. The van der Waals surface area contributed by atoms with Crippen molar-refractivity contribution < 1.29 is 13.9 Å². The first-order valence-electron chi connectivity index (χ1n) is 10.3. The molecule has 2 aromatic heterocycles. The van der Waals surface area contributed by atoms with Gasteiger partial charge in [0.1, 0.15) is 5.82 Å². The Balaban J connectivity index is 1.61. The molecule has 6 nitrogen and oxygen atoms in total. The number of hydrogen-bond acceptors (Lipinski definition) is 6. The summed E-state index contributed by atoms with van der Waals surface area (Å²) in [6.07, 6.45) is 6.17. The second kappa shape index (κ2) is 9.74. The highest BCUT2D eigenvalue weighted by molar-refractivity contribution is 7.15. The van der Waals surface area contributed by atoms with Crippen LogP contribution in [0.5, 0.6) is 11.5 Å². The maximum atomic E-state index is 13.0. The molecule has 2 heterocycles. The van der Waals surface area contributed by atoms with Crippen molar-refractivity contribution in [1.82, 2.24) is 14.6 Å². The maximum Gasteiger partial charge on any atom is 0.291 e. The van der Waals surface area contributed by atoms with Gasteiger partial charge in [0.15, 0.2) is 17.3 Å². The predicted octanol–water partition coefficient (Wildman–Crippen LogP) is 4.20. The molecule has 4 aromatic rings. The van der Waals surface area contributed by atoms with Crippen molar-refractivity contribution in [3.05, 3.63) is 80.1 Å². The summed E-state index contributed by atoms with van der Waals surface area (Å²) in [5, 5.41) is 4.28. The van der Waals surface area contributed by atoms with Crippen LogP contribution in [0.15, 0.2) is 47.3 Å². The van der Waals surface area contributed by atoms with Crippen LogP contribution in [-0.2, 0) is 0 Å². The van der Waals surface area contributed by atoms with Gasteiger partial charge in [-0.3, -0.25) is 4.79 Å². The third kappa shape index (κ3) is 4.86. The smallest absolute Gasteiger partial charge is 0.291 e. The Labute approximate surface area is 188 Å². The van der Waals surface area contributed by atoms with Gasteiger partial charge in [-0.1, -0.05) is 42.5 Å². The minimum Gasteiger partial charge on any atom is -0.490 e. The average molecular weight is 452 g/mol. The van der Waals surface area contributed by atoms with Gasteiger partial charge in [0, 0.05) is 0 Å². The summed E-state index contributed by atoms with van der Waals surface area (Å²) in [5.74, 6) is 1.46. The van der Waals surface area contributed by atoms with Gasteiger partial charge in [-0.2, -0.15) is 9.50 Å². The molecule has 0 N–H and O–H groups in total. The molecule has 0 saturated carbocycles. The normalized spacial score (nSPS) is 12.2. The summed E-state index contributed by atoms with van der Waals surface area (Å²) in [5.41, 5.74) is 1.41. The molecule has 2 aromatic carbocycles. The van der Waals surface area contributed by atoms with E-state index >= 15 is 0 Å². The van der Waals surface area contributed by atoms with E-state index in [1.165, 1.54) is 28.0 Å². The zero-order valence-electron chi connectivity index (χ0n) is 17.7. The molecule has 0 amide bonds. The van der Waals surface area contributed by atoms with Crippen LogP contribution >= 0.6 is 11.3 Å². The molecular weight excluding hydrogens is 429 g/mol. The van der Waals surface area contributed by atoms with E-state index in [4.69, 9.17) is 9.47 Å². The van der Waals surface area contributed by atoms with E-state index in [0.29, 0.717) is 40.0 Å². The van der Waals surface area contributed by atoms with Crippen molar-refractivity contribution in [3.8, 4) is 11.5 Å². The van der Waals surface area contributed by atoms with E-state index in [9.17, 15) is 9.18 Å². The quantitative estimate of drug-likeness (QED) is 0.402. The predicted molar refractivity (Wildman–Crippen MR) is 125 cm³/mol. The number of benzene rings is 2. The van der Waals surface area contributed by atoms with Crippen molar-refractivity contribution in [1.29, 1.82) is 0 Å². The molecule has 4 rings (SSSR count). The first-order chi connectivity index (χ1) is 15.6. The monoisotopic (exact) mass is 451 g/mol. The fourth-order valence-electron chi connectivity index (χ4n) is 3.03. The van der Waals surface area contributed by atoms with Crippen molar-refractivity contribution in [2.45, 2.75) is 20.3 Å². The Hall–Kier alpha value is -3.52. The van der Waals surface area contributed by atoms with Crippen LogP contribution in [0.3, 0.4) is 0 Å². The minimum absolute atomic E-state index is 0.233. The molecule has 8 heteroatoms. The molecule has 0 aliphatic carbocycles. The van der Waals surface area contributed by atoms with Gasteiger partial charge in [-0.05, 0) is 60.9 Å². The summed E-state index contributed by atoms with van der Waals surface area (Å²) in [6, 6.07) is 11.7. The summed E-state index contributed by atoms with van der Waals surface area (Å²) < 4.78 is 26.3. The second-order valence-corrected chi connectivity index (χ2v) is 7.96. The highest BCUT2D eigenvalue weighted by Gasteiger charge is 2.10. The average Bonchev–Trinajstić information content (AvgIpc) is 3.32. The van der Waals surface area contributed by atoms with Gasteiger partial charge in [0.05, 0.1) is 17.7 Å². The van der Waals surface area contributed by atoms with Gasteiger partial charge < -0.3 is 9.47 Å². The van der Waals surface area contributed by atoms with Crippen molar-refractivity contribution in [2.75, 3.05) is 13.2 Å². The fourth-order valence-corrected chi connectivity index (χ4v) is 3.94. The molecule has 0 saturated heterocycles. The van der Waals surface area contributed by atoms with Crippen molar-refractivity contribution >= 4 is 34.5 Å². The number of hydrogen-bond donors (Lipinski definition) is 0. The van der Waals surface area contributed by atoms with Crippen LogP contribution in [0.25, 0.3) is 23.2 Å². The summed E-state index contributed by atoms with van der Waals surface area (Å²) in [4.78, 5) is 17.7. The molecule has 0 aliphatic rings. The number of halogens is 1. The van der Waals surface area contributed by atoms with Crippen LogP contribution in [0.2, 0.25) is 0 Å². The van der Waals surface area contributed by atoms with Gasteiger partial charge in [0.2, 0.25) is 4.96 Å². The molecule has 0 bridgehead atoms. The van der Waals surface area contributed by atoms with E-state index in [0.717, 1.165) is 17.5 Å². The number of nitrogens with zero attached hydrogens (tertiary/aromatic N) is 3. The Morgan fingerprint density at radius 3 is 2.53 bits per heavy atom. The van der Waals surface area contributed by atoms with Crippen LogP contribution in [0.4, 0.5) is 4.39 Å². The maximum absolute atomic E-state index is 13.0. The fraction of sp³-hybridized carbons (Fsp3) is 0.208. The Morgan fingerprint density at radius 2 is 1.81 bits per heavy atom. The summed E-state index contributed by atoms with van der Waals surface area (Å²) in [7, 11) is 0. The Bertz CT molecular complexity index is 1360. The molecule has 0 fully saturated rings. The SMILES string of the molecule is CCCOc1ccc(/C=c2/sc3nc(/C=C/c4ccc(F)cc4)nn3c2=O)cc1OCC. The van der Waals surface area contributed by atoms with Gasteiger partial charge in [-0.15, -0.1) is 5.10 Å². The number of aromatic nitrogens is 3. The summed E-state index contributed by atoms with van der Waals surface area (Å²) >= 11 is 1.27. The van der Waals surface area contributed by atoms with E-state index < -0.39 is 0 Å². The van der Waals surface area contributed by atoms with Gasteiger partial charge in [-0.25, -0.2) is 4.39 Å². The Kier molecular flexibility index (Phi) is 6.61. The highest BCUT2D eigenvalue weighted by atomic mass is 32.1. The first kappa shape index (κ1) is 21.7. The molecule has 32 heavy (non-hydrogen) atoms. The number of rotatable bonds is 8. The standard InChI is InChI=1S/C24H22FN3O3S/c1-3-13-31-19-11-7-17(14-20(19)30-4-2)15-21-23(29)28-24(32-21)26-22(27-28)12-8-16-5-9-18(25)10-6-16/h5-12,14-15H,3-4,13H2,1-2H3/b12-8+,21-15+. The van der Waals surface area contributed by atoms with Crippen LogP contribution in [0, 0.1) is 5.82 Å². The molecule has 0 radical (unpaired) electrons. The van der Waals surface area contributed by atoms with E-state index in [-0.39, 0.29) is 11.4 Å². The topological polar surface area (TPSA) is 65.7 Å². The minimum atomic E-state index is -0.293. The summed E-state index contributed by atoms with van der Waals surface area (Å²) in [6.45, 7) is 5.09. The Morgan fingerprint density at radius 1 is 1.03 bits per heavy atom. The number of ether oxygens (including phenoxy) is 2. The molecule has 0 atom stereocenters. The third-order valence-electron chi connectivity index (χ3n) is 4.52. The van der Waals surface area contributed by atoms with Gasteiger partial charge >= 0.3 is 0 Å². The molecule has 0 aliphatic heterocycles. The van der Waals surface area contributed by atoms with E-state index in [1.807, 2.05) is 32.0 Å². The lowest BCUT2D eigenvalue weighted by atomic mass is 10.2. The molecular formula is C24H22FN3O3S. The van der Waals surface area contributed by atoms with E-state index in [1.54, 1.807) is 30.4 Å². The zero-order chi connectivity index (χ0) is 22.5. The van der Waals surface area contributed by atoms with Crippen LogP contribution in [-0.4, -0.2) is 27.8 Å². The highest BCUT2D eigenvalue weighted by Crippen LogP contribution is 2.29. The lowest BCUT2D eigenvalue weighted by Gasteiger charge is -2.11. The molecule has 0 spiro atoms. The lowest BCUT2D eigenvalue weighted by Crippen LogP contribution is -2.23. The third-order valence-corrected chi connectivity index (χ3v) is 5.48. The second-order valence-electron chi connectivity index (χ2n) is 6.95.